The van der Waals surface area contributed by atoms with Crippen molar-refractivity contribution in [3.05, 3.63) is 94.4 Å². The Bertz CT molecular complexity index is 1100. The topological polar surface area (TPSA) is 41.5 Å². The number of carbonyl (C=O) groups excluding carboxylic acids is 1. The number of carbonyl (C=O) groups is 1. The van der Waals surface area contributed by atoms with Crippen LogP contribution in [0.5, 0.6) is 0 Å². The number of amidine groups is 1. The first-order valence-electron chi connectivity index (χ1n) is 9.27. The van der Waals surface area contributed by atoms with Gasteiger partial charge in [-0.1, -0.05) is 59.8 Å². The van der Waals surface area contributed by atoms with Gasteiger partial charge < -0.3 is 5.32 Å². The van der Waals surface area contributed by atoms with Gasteiger partial charge in [0.05, 0.1) is 10.6 Å². The number of rotatable bonds is 4. The van der Waals surface area contributed by atoms with Crippen LogP contribution in [0.15, 0.2) is 92.5 Å². The first kappa shape index (κ1) is 19.6. The van der Waals surface area contributed by atoms with Crippen LogP contribution in [0, 0.1) is 13.8 Å². The van der Waals surface area contributed by atoms with E-state index in [9.17, 15) is 4.79 Å². The molecule has 1 heterocycles. The summed E-state index contributed by atoms with van der Waals surface area (Å²) in [5, 5.41) is 3.46. The van der Waals surface area contributed by atoms with Gasteiger partial charge in [-0.3, -0.25) is 4.79 Å². The second-order valence-corrected chi connectivity index (χ2v) is 8.93. The summed E-state index contributed by atoms with van der Waals surface area (Å²) in [6, 6.07) is 24.6. The zero-order valence-electron chi connectivity index (χ0n) is 16.2. The van der Waals surface area contributed by atoms with Crippen LogP contribution in [0.2, 0.25) is 0 Å². The van der Waals surface area contributed by atoms with Gasteiger partial charge in [-0.2, -0.15) is 0 Å². The number of amides is 1. The Morgan fingerprint density at radius 1 is 0.897 bits per heavy atom. The fraction of sp³-hybridized carbons (Fsp3) is 0.0833. The van der Waals surface area contributed by atoms with E-state index < -0.39 is 0 Å². The van der Waals surface area contributed by atoms with E-state index in [1.54, 1.807) is 11.8 Å². The van der Waals surface area contributed by atoms with Gasteiger partial charge in [-0.25, -0.2) is 4.99 Å². The lowest BCUT2D eigenvalue weighted by atomic mass is 10.2. The van der Waals surface area contributed by atoms with Crippen molar-refractivity contribution >= 4 is 46.4 Å². The number of para-hydroxylation sites is 1. The third-order valence-corrected chi connectivity index (χ3v) is 6.35. The van der Waals surface area contributed by atoms with Crippen LogP contribution < -0.4 is 5.32 Å². The van der Waals surface area contributed by atoms with E-state index >= 15 is 0 Å². The zero-order valence-corrected chi connectivity index (χ0v) is 17.8. The molecule has 1 aliphatic heterocycles. The molecule has 0 radical (unpaired) electrons. The molecule has 3 nitrogen and oxygen atoms in total. The Morgan fingerprint density at radius 2 is 1.55 bits per heavy atom. The molecule has 0 spiro atoms. The number of benzene rings is 3. The van der Waals surface area contributed by atoms with E-state index in [0.29, 0.717) is 10.1 Å². The van der Waals surface area contributed by atoms with Crippen LogP contribution in [-0.2, 0) is 4.79 Å². The summed E-state index contributed by atoms with van der Waals surface area (Å²) in [7, 11) is 0. The van der Waals surface area contributed by atoms with E-state index in [1.807, 2.05) is 49.4 Å². The van der Waals surface area contributed by atoms with E-state index in [-0.39, 0.29) is 5.91 Å². The lowest BCUT2D eigenvalue weighted by Crippen LogP contribution is -2.19. The lowest BCUT2D eigenvalue weighted by molar-refractivity contribution is -0.115. The van der Waals surface area contributed by atoms with Crippen LogP contribution in [-0.4, -0.2) is 11.1 Å². The third kappa shape index (κ3) is 5.00. The molecule has 1 amide bonds. The number of nitrogens with one attached hydrogen (secondary N) is 1. The second kappa shape index (κ2) is 8.72. The monoisotopic (exact) mass is 416 g/mol. The van der Waals surface area contributed by atoms with Gasteiger partial charge in [0, 0.05) is 9.79 Å². The lowest BCUT2D eigenvalue weighted by Gasteiger charge is -2.03. The van der Waals surface area contributed by atoms with Crippen molar-refractivity contribution in [2.45, 2.75) is 23.6 Å². The highest BCUT2D eigenvalue weighted by Crippen LogP contribution is 2.31. The van der Waals surface area contributed by atoms with Crippen LogP contribution in [0.1, 0.15) is 16.7 Å². The first-order chi connectivity index (χ1) is 14.1. The van der Waals surface area contributed by atoms with Gasteiger partial charge in [0.1, 0.15) is 0 Å². The van der Waals surface area contributed by atoms with Crippen LogP contribution in [0.3, 0.4) is 0 Å². The van der Waals surface area contributed by atoms with Gasteiger partial charge in [0.25, 0.3) is 5.91 Å². The van der Waals surface area contributed by atoms with Crippen LogP contribution >= 0.6 is 23.5 Å². The summed E-state index contributed by atoms with van der Waals surface area (Å²) in [6.45, 7) is 4.10. The molecule has 0 bridgehead atoms. The summed E-state index contributed by atoms with van der Waals surface area (Å²) >= 11 is 3.10. The van der Waals surface area contributed by atoms with Gasteiger partial charge >= 0.3 is 0 Å². The molecule has 1 saturated heterocycles. The molecule has 144 valence electrons. The largest absolute Gasteiger partial charge is 0.300 e. The smallest absolute Gasteiger partial charge is 0.264 e. The Kier molecular flexibility index (Phi) is 5.88. The maximum Gasteiger partial charge on any atom is 0.264 e. The molecule has 4 rings (SSSR count). The predicted octanol–water partition coefficient (Wildman–Crippen LogP) is 6.35. The molecule has 29 heavy (non-hydrogen) atoms. The molecule has 0 aliphatic carbocycles. The number of thioether (sulfide) groups is 1. The number of hydrogen-bond acceptors (Lipinski definition) is 4. The molecular weight excluding hydrogens is 396 g/mol. The molecule has 0 unspecified atom stereocenters. The van der Waals surface area contributed by atoms with Crippen molar-refractivity contribution < 1.29 is 4.79 Å². The Labute approximate surface area is 179 Å². The van der Waals surface area contributed by atoms with Crippen molar-refractivity contribution in [3.63, 3.8) is 0 Å². The number of nitrogens with zero attached hydrogens (tertiary/aromatic N) is 1. The Hall–Kier alpha value is -2.76. The van der Waals surface area contributed by atoms with Gasteiger partial charge in [0.2, 0.25) is 0 Å². The summed E-state index contributed by atoms with van der Waals surface area (Å²) in [5.74, 6) is -0.111. The predicted molar refractivity (Wildman–Crippen MR) is 124 cm³/mol. The minimum absolute atomic E-state index is 0.111. The van der Waals surface area contributed by atoms with E-state index in [1.165, 1.54) is 27.1 Å². The fourth-order valence-electron chi connectivity index (χ4n) is 2.80. The molecule has 0 saturated carbocycles. The zero-order chi connectivity index (χ0) is 20.2. The second-order valence-electron chi connectivity index (χ2n) is 6.75. The summed E-state index contributed by atoms with van der Waals surface area (Å²) in [5.41, 5.74) is 4.20. The van der Waals surface area contributed by atoms with Crippen LogP contribution in [0.4, 0.5) is 5.69 Å². The van der Waals surface area contributed by atoms with Crippen molar-refractivity contribution in [3.8, 4) is 0 Å². The Balaban J connectivity index is 1.47. The molecule has 3 aromatic carbocycles. The number of hydrogen-bond donors (Lipinski definition) is 1. The van der Waals surface area contributed by atoms with Crippen LogP contribution in [0.25, 0.3) is 6.08 Å². The van der Waals surface area contributed by atoms with E-state index in [2.05, 4.69) is 53.6 Å². The molecule has 0 aromatic heterocycles. The normalized spacial score (nSPS) is 16.4. The van der Waals surface area contributed by atoms with E-state index in [0.717, 1.165) is 16.8 Å². The minimum Gasteiger partial charge on any atom is -0.300 e. The molecule has 1 aliphatic rings. The highest BCUT2D eigenvalue weighted by atomic mass is 32.2. The highest BCUT2D eigenvalue weighted by Gasteiger charge is 2.23. The summed E-state index contributed by atoms with van der Waals surface area (Å²) in [4.78, 5) is 19.9. The third-order valence-electron chi connectivity index (χ3n) is 4.42. The molecule has 1 N–H and O–H groups in total. The van der Waals surface area contributed by atoms with Crippen molar-refractivity contribution in [2.75, 3.05) is 0 Å². The van der Waals surface area contributed by atoms with Crippen molar-refractivity contribution in [1.82, 2.24) is 5.32 Å². The number of aliphatic imine (C=N–C) groups is 1. The first-order valence-corrected chi connectivity index (χ1v) is 10.9. The molecule has 0 atom stereocenters. The van der Waals surface area contributed by atoms with Gasteiger partial charge in [-0.15, -0.1) is 0 Å². The fourth-order valence-corrected chi connectivity index (χ4v) is 4.46. The quantitative estimate of drug-likeness (QED) is 0.504. The maximum absolute atomic E-state index is 12.3. The maximum atomic E-state index is 12.3. The van der Waals surface area contributed by atoms with E-state index in [4.69, 9.17) is 0 Å². The summed E-state index contributed by atoms with van der Waals surface area (Å²) < 4.78 is 0. The molecule has 5 heteroatoms. The average Bonchev–Trinajstić information content (AvgIpc) is 3.06. The highest BCUT2D eigenvalue weighted by molar-refractivity contribution is 8.18. The Morgan fingerprint density at radius 3 is 2.24 bits per heavy atom. The van der Waals surface area contributed by atoms with Gasteiger partial charge in [0.15, 0.2) is 5.17 Å². The average molecular weight is 417 g/mol. The molecule has 3 aromatic rings. The molecule has 1 fully saturated rings. The minimum atomic E-state index is -0.111. The standard InChI is InChI=1S/C24H20N2OS2/c1-16-7-11-19(12-8-16)28-20-13-9-18(10-14-20)15-22-23(27)26-24(29-22)25-21-6-4-3-5-17(21)2/h3-15H,1-2H3,(H,25,26,27)/b22-15-. The van der Waals surface area contributed by atoms with Crippen molar-refractivity contribution in [2.24, 2.45) is 4.99 Å². The molecular formula is C24H20N2OS2. The SMILES string of the molecule is Cc1ccc(Sc2ccc(/C=C3\SC(=Nc4ccccc4C)NC3=O)cc2)cc1. The number of aryl methyl sites for hydroxylation is 2. The van der Waals surface area contributed by atoms with Gasteiger partial charge in [-0.05, 0) is 73.1 Å². The van der Waals surface area contributed by atoms with Crippen molar-refractivity contribution in [1.29, 1.82) is 0 Å². The summed E-state index contributed by atoms with van der Waals surface area (Å²) in [6.07, 6.45) is 1.90.